The molecule has 2 fully saturated rings. The zero-order valence-corrected chi connectivity index (χ0v) is 12.6. The molecule has 1 aliphatic heterocycles. The van der Waals surface area contributed by atoms with Gasteiger partial charge in [0.05, 0.1) is 6.04 Å². The number of fused-ring (bicyclic) bond motifs is 5. The summed E-state index contributed by atoms with van der Waals surface area (Å²) in [6.45, 7) is 0. The molecule has 110 valence electrons. The Labute approximate surface area is 131 Å². The topological polar surface area (TPSA) is 24.7 Å². The number of azo groups is 1. The van der Waals surface area contributed by atoms with Crippen molar-refractivity contribution in [2.24, 2.45) is 28.0 Å². The predicted octanol–water partition coefficient (Wildman–Crippen LogP) is 4.81. The summed E-state index contributed by atoms with van der Waals surface area (Å²) >= 11 is 0. The molecule has 1 heterocycles. The minimum atomic E-state index is -0.257. The van der Waals surface area contributed by atoms with Crippen LogP contribution in [-0.4, -0.2) is 6.04 Å². The van der Waals surface area contributed by atoms with Crippen LogP contribution in [0.4, 0.5) is 0 Å². The molecule has 2 nitrogen and oxygen atoms in total. The Bertz CT molecular complexity index is 668. The van der Waals surface area contributed by atoms with Crippen molar-refractivity contribution in [2.75, 3.05) is 0 Å². The van der Waals surface area contributed by atoms with Gasteiger partial charge < -0.3 is 0 Å². The summed E-state index contributed by atoms with van der Waals surface area (Å²) in [7, 11) is 0. The molecule has 2 heteroatoms. The van der Waals surface area contributed by atoms with Gasteiger partial charge in [0.1, 0.15) is 5.54 Å². The van der Waals surface area contributed by atoms with Crippen LogP contribution >= 0.6 is 0 Å². The Morgan fingerprint density at radius 1 is 0.773 bits per heavy atom. The molecule has 22 heavy (non-hydrogen) atoms. The fraction of sp³-hybridized carbons (Fsp3) is 0.400. The lowest BCUT2D eigenvalue weighted by Gasteiger charge is -2.37. The number of nitrogens with zero attached hydrogens (tertiary/aromatic N) is 2. The van der Waals surface area contributed by atoms with Crippen molar-refractivity contribution in [3.05, 3.63) is 71.8 Å². The molecule has 2 aromatic rings. The molecule has 2 aliphatic carbocycles. The molecule has 2 aromatic carbocycles. The maximum Gasteiger partial charge on any atom is 0.136 e. The van der Waals surface area contributed by atoms with E-state index in [1.807, 2.05) is 0 Å². The van der Waals surface area contributed by atoms with Gasteiger partial charge >= 0.3 is 0 Å². The van der Waals surface area contributed by atoms with Gasteiger partial charge in [-0.3, -0.25) is 0 Å². The molecule has 5 rings (SSSR count). The molecule has 0 radical (unpaired) electrons. The smallest absolute Gasteiger partial charge is 0.136 e. The lowest BCUT2D eigenvalue weighted by Crippen LogP contribution is -2.39. The van der Waals surface area contributed by atoms with Gasteiger partial charge in [-0.2, -0.15) is 10.2 Å². The molecular formula is C20H20N2. The minimum absolute atomic E-state index is 0.257. The van der Waals surface area contributed by atoms with Gasteiger partial charge in [0, 0.05) is 5.92 Å². The van der Waals surface area contributed by atoms with E-state index >= 15 is 0 Å². The summed E-state index contributed by atoms with van der Waals surface area (Å²) in [4.78, 5) is 0. The summed E-state index contributed by atoms with van der Waals surface area (Å²) < 4.78 is 0. The zero-order chi connectivity index (χ0) is 14.6. The lowest BCUT2D eigenvalue weighted by atomic mass is 9.66. The molecule has 0 amide bonds. The van der Waals surface area contributed by atoms with Gasteiger partial charge in [0.2, 0.25) is 0 Å². The van der Waals surface area contributed by atoms with Gasteiger partial charge in [-0.25, -0.2) is 0 Å². The maximum atomic E-state index is 4.96. The summed E-state index contributed by atoms with van der Waals surface area (Å²) in [5.41, 5.74) is 2.36. The van der Waals surface area contributed by atoms with Crippen LogP contribution in [0.5, 0.6) is 0 Å². The first kappa shape index (κ1) is 12.6. The SMILES string of the molecule is c1ccc(C2(c3ccccc3)N=N[C@H]3[C@@H]4CC[C@H](C4)[C@@H]32)cc1. The van der Waals surface area contributed by atoms with Gasteiger partial charge in [-0.1, -0.05) is 60.7 Å². The van der Waals surface area contributed by atoms with Gasteiger partial charge in [0.25, 0.3) is 0 Å². The van der Waals surface area contributed by atoms with Gasteiger partial charge in [-0.05, 0) is 42.2 Å². The Morgan fingerprint density at radius 3 is 2.00 bits per heavy atom. The predicted molar refractivity (Wildman–Crippen MR) is 86.6 cm³/mol. The average molecular weight is 288 g/mol. The second-order valence-electron chi connectivity index (χ2n) is 7.06. The third-order valence-corrected chi connectivity index (χ3v) is 6.13. The van der Waals surface area contributed by atoms with E-state index in [0.717, 1.165) is 11.8 Å². The Kier molecular flexibility index (Phi) is 2.58. The van der Waals surface area contributed by atoms with Crippen LogP contribution in [0.3, 0.4) is 0 Å². The first-order chi connectivity index (χ1) is 10.9. The summed E-state index contributed by atoms with van der Waals surface area (Å²) in [6, 6.07) is 22.1. The molecule has 0 aromatic heterocycles. The highest BCUT2D eigenvalue weighted by Crippen LogP contribution is 2.62. The van der Waals surface area contributed by atoms with E-state index in [4.69, 9.17) is 10.2 Å². The van der Waals surface area contributed by atoms with Crippen molar-refractivity contribution >= 4 is 0 Å². The summed E-state index contributed by atoms with van der Waals surface area (Å²) in [5, 5.41) is 9.77. The largest absolute Gasteiger partial charge is 0.189 e. The lowest BCUT2D eigenvalue weighted by molar-refractivity contribution is 0.236. The highest BCUT2D eigenvalue weighted by Gasteiger charge is 2.61. The Balaban J connectivity index is 1.73. The van der Waals surface area contributed by atoms with E-state index < -0.39 is 0 Å². The molecule has 2 bridgehead atoms. The van der Waals surface area contributed by atoms with Crippen LogP contribution in [0, 0.1) is 17.8 Å². The van der Waals surface area contributed by atoms with E-state index in [9.17, 15) is 0 Å². The second kappa shape index (κ2) is 4.52. The van der Waals surface area contributed by atoms with Crippen LogP contribution in [-0.2, 0) is 5.54 Å². The standard InChI is InChI=1S/C20H20N2/c1-3-7-16(8-4-1)20(17-9-5-2-6-10-17)18-14-11-12-15(13-14)19(18)21-22-20/h1-10,14-15,18-19H,11-13H2/t14-,15-,18+,19+/m1/s1. The molecular weight excluding hydrogens is 268 g/mol. The molecule has 0 saturated heterocycles. The van der Waals surface area contributed by atoms with E-state index in [0.29, 0.717) is 12.0 Å². The van der Waals surface area contributed by atoms with E-state index in [1.165, 1.54) is 30.4 Å². The molecule has 0 unspecified atom stereocenters. The zero-order valence-electron chi connectivity index (χ0n) is 12.6. The minimum Gasteiger partial charge on any atom is -0.189 e. The average Bonchev–Trinajstić information content (AvgIpc) is 3.29. The van der Waals surface area contributed by atoms with Crippen LogP contribution in [0.2, 0.25) is 0 Å². The molecule has 0 spiro atoms. The fourth-order valence-corrected chi connectivity index (χ4v) is 5.29. The fourth-order valence-electron chi connectivity index (χ4n) is 5.29. The van der Waals surface area contributed by atoms with Gasteiger partial charge in [-0.15, -0.1) is 0 Å². The summed E-state index contributed by atoms with van der Waals surface area (Å²) in [6.07, 6.45) is 4.07. The van der Waals surface area contributed by atoms with E-state index in [1.54, 1.807) is 0 Å². The monoisotopic (exact) mass is 288 g/mol. The van der Waals surface area contributed by atoms with Gasteiger partial charge in [0.15, 0.2) is 0 Å². The number of rotatable bonds is 2. The highest BCUT2D eigenvalue weighted by atomic mass is 15.2. The molecule has 2 saturated carbocycles. The quantitative estimate of drug-likeness (QED) is 0.757. The molecule has 3 aliphatic rings. The van der Waals surface area contributed by atoms with Crippen molar-refractivity contribution in [1.82, 2.24) is 0 Å². The van der Waals surface area contributed by atoms with Crippen molar-refractivity contribution in [2.45, 2.75) is 30.8 Å². The van der Waals surface area contributed by atoms with Crippen LogP contribution in [0.25, 0.3) is 0 Å². The normalized spacial score (nSPS) is 34.0. The maximum absolute atomic E-state index is 4.96. The summed E-state index contributed by atoms with van der Waals surface area (Å²) in [5.74, 6) is 2.11. The third-order valence-electron chi connectivity index (χ3n) is 6.13. The van der Waals surface area contributed by atoms with E-state index in [2.05, 4.69) is 60.7 Å². The highest BCUT2D eigenvalue weighted by molar-refractivity contribution is 5.42. The Hall–Kier alpha value is -1.96. The van der Waals surface area contributed by atoms with Crippen molar-refractivity contribution < 1.29 is 0 Å². The third kappa shape index (κ3) is 1.50. The van der Waals surface area contributed by atoms with Crippen molar-refractivity contribution in [3.8, 4) is 0 Å². The Morgan fingerprint density at radius 2 is 1.36 bits per heavy atom. The number of hydrogen-bond acceptors (Lipinski definition) is 2. The van der Waals surface area contributed by atoms with Crippen molar-refractivity contribution in [3.63, 3.8) is 0 Å². The first-order valence-corrected chi connectivity index (χ1v) is 8.42. The first-order valence-electron chi connectivity index (χ1n) is 8.42. The van der Waals surface area contributed by atoms with Crippen molar-refractivity contribution in [1.29, 1.82) is 0 Å². The van der Waals surface area contributed by atoms with Crippen LogP contribution in [0.1, 0.15) is 30.4 Å². The number of benzene rings is 2. The second-order valence-corrected chi connectivity index (χ2v) is 7.06. The van der Waals surface area contributed by atoms with Crippen LogP contribution in [0.15, 0.2) is 70.9 Å². The molecule has 4 atom stereocenters. The van der Waals surface area contributed by atoms with E-state index in [-0.39, 0.29) is 5.54 Å². The molecule has 0 N–H and O–H groups in total. The number of hydrogen-bond donors (Lipinski definition) is 0. The van der Waals surface area contributed by atoms with Crippen LogP contribution < -0.4 is 0 Å².